The monoisotopic (exact) mass is 434 g/mol. The highest BCUT2D eigenvalue weighted by Crippen LogP contribution is 2.35. The molecule has 4 rings (SSSR count). The lowest BCUT2D eigenvalue weighted by molar-refractivity contribution is -0.137. The molecule has 156 valence electrons. The molecule has 9 heteroatoms. The van der Waals surface area contributed by atoms with Gasteiger partial charge in [-0.1, -0.05) is 23.9 Å². The van der Waals surface area contributed by atoms with Crippen molar-refractivity contribution in [1.29, 1.82) is 0 Å². The van der Waals surface area contributed by atoms with Crippen molar-refractivity contribution in [3.8, 4) is 0 Å². The number of hydrogen-bond donors (Lipinski definition) is 0. The fourth-order valence-corrected chi connectivity index (χ4v) is 4.38. The van der Waals surface area contributed by atoms with E-state index in [0.29, 0.717) is 41.8 Å². The van der Waals surface area contributed by atoms with Gasteiger partial charge in [0.1, 0.15) is 0 Å². The molecule has 0 bridgehead atoms. The lowest BCUT2D eigenvalue weighted by Gasteiger charge is -2.30. The van der Waals surface area contributed by atoms with Crippen molar-refractivity contribution in [2.24, 2.45) is 0 Å². The number of rotatable bonds is 3. The minimum atomic E-state index is -4.43. The number of amides is 3. The lowest BCUT2D eigenvalue weighted by atomic mass is 9.98. The zero-order valence-electron chi connectivity index (χ0n) is 15.7. The Hall–Kier alpha value is -2.81. The Morgan fingerprint density at radius 2 is 1.90 bits per heavy atom. The predicted octanol–water partition coefficient (Wildman–Crippen LogP) is 4.49. The summed E-state index contributed by atoms with van der Waals surface area (Å²) in [7, 11) is 0. The van der Waals surface area contributed by atoms with E-state index in [2.05, 4.69) is 0 Å². The average molecular weight is 434 g/mol. The second-order valence-electron chi connectivity index (χ2n) is 7.14. The molecule has 5 nitrogen and oxygen atoms in total. The van der Waals surface area contributed by atoms with Crippen LogP contribution in [0.4, 0.5) is 23.7 Å². The Morgan fingerprint density at radius 1 is 1.10 bits per heavy atom. The van der Waals surface area contributed by atoms with Crippen LogP contribution in [0.15, 0.2) is 42.5 Å². The van der Waals surface area contributed by atoms with Crippen molar-refractivity contribution in [3.05, 3.63) is 64.7 Å². The second-order valence-corrected chi connectivity index (χ2v) is 8.06. The van der Waals surface area contributed by atoms with E-state index in [4.69, 9.17) is 0 Å². The molecule has 2 aliphatic rings. The van der Waals surface area contributed by atoms with Crippen LogP contribution in [-0.4, -0.2) is 34.3 Å². The van der Waals surface area contributed by atoms with Crippen LogP contribution < -0.4 is 4.90 Å². The molecule has 30 heavy (non-hydrogen) atoms. The van der Waals surface area contributed by atoms with Gasteiger partial charge in [0.2, 0.25) is 5.91 Å². The number of fused-ring (bicyclic) bond motifs is 1. The van der Waals surface area contributed by atoms with E-state index in [9.17, 15) is 27.6 Å². The molecular weight excluding hydrogens is 417 g/mol. The van der Waals surface area contributed by atoms with Crippen molar-refractivity contribution in [2.75, 3.05) is 17.2 Å². The quantitative estimate of drug-likeness (QED) is 0.714. The van der Waals surface area contributed by atoms with Gasteiger partial charge in [-0.25, -0.2) is 0 Å². The molecule has 0 spiro atoms. The molecule has 0 aliphatic carbocycles. The number of benzene rings is 2. The van der Waals surface area contributed by atoms with Crippen LogP contribution in [0, 0.1) is 0 Å². The van der Waals surface area contributed by atoms with Crippen molar-refractivity contribution >= 4 is 34.5 Å². The first-order valence-corrected chi connectivity index (χ1v) is 10.3. The molecule has 2 aromatic carbocycles. The molecule has 3 amide bonds. The topological polar surface area (TPSA) is 57.7 Å². The van der Waals surface area contributed by atoms with Crippen LogP contribution in [-0.2, 0) is 23.9 Å². The Balaban J connectivity index is 1.59. The summed E-state index contributed by atoms with van der Waals surface area (Å²) in [6.07, 6.45) is -3.40. The lowest BCUT2D eigenvalue weighted by Crippen LogP contribution is -2.35. The highest BCUT2D eigenvalue weighted by molar-refractivity contribution is 8.14. The molecule has 1 fully saturated rings. The summed E-state index contributed by atoms with van der Waals surface area (Å²) < 4.78 is 39.0. The van der Waals surface area contributed by atoms with Crippen molar-refractivity contribution in [1.82, 2.24) is 4.90 Å². The van der Waals surface area contributed by atoms with Gasteiger partial charge < -0.3 is 4.90 Å². The third-order valence-corrected chi connectivity index (χ3v) is 5.98. The molecule has 0 aromatic heterocycles. The van der Waals surface area contributed by atoms with E-state index < -0.39 is 11.7 Å². The molecule has 0 N–H and O–H groups in total. The van der Waals surface area contributed by atoms with Gasteiger partial charge in [-0.15, -0.1) is 0 Å². The summed E-state index contributed by atoms with van der Waals surface area (Å²) in [6.45, 7) is 0.485. The van der Waals surface area contributed by atoms with E-state index in [0.717, 1.165) is 28.8 Å². The van der Waals surface area contributed by atoms with Crippen LogP contribution in [0.2, 0.25) is 0 Å². The summed E-state index contributed by atoms with van der Waals surface area (Å²) in [4.78, 5) is 39.4. The van der Waals surface area contributed by atoms with Gasteiger partial charge in [0.15, 0.2) is 0 Å². The highest BCUT2D eigenvalue weighted by atomic mass is 32.2. The number of carbonyl (C=O) groups is 3. The van der Waals surface area contributed by atoms with Crippen LogP contribution >= 0.6 is 11.8 Å². The molecule has 0 unspecified atom stereocenters. The molecule has 0 saturated carbocycles. The fourth-order valence-electron chi connectivity index (χ4n) is 3.66. The molecule has 2 aliphatic heterocycles. The minimum absolute atomic E-state index is 0.0807. The van der Waals surface area contributed by atoms with Gasteiger partial charge in [-0.05, 0) is 54.3 Å². The maximum atomic E-state index is 13.1. The Kier molecular flexibility index (Phi) is 5.31. The third kappa shape index (κ3) is 3.94. The smallest absolute Gasteiger partial charge is 0.308 e. The van der Waals surface area contributed by atoms with Gasteiger partial charge in [0, 0.05) is 17.8 Å². The molecule has 1 saturated heterocycles. The van der Waals surface area contributed by atoms with E-state index >= 15 is 0 Å². The first-order valence-electron chi connectivity index (χ1n) is 9.32. The largest absolute Gasteiger partial charge is 0.416 e. The van der Waals surface area contributed by atoms with Crippen LogP contribution in [0.3, 0.4) is 0 Å². The summed E-state index contributed by atoms with van der Waals surface area (Å²) in [5.74, 6) is -0.486. The summed E-state index contributed by atoms with van der Waals surface area (Å²) in [5, 5.41) is -0.317. The molecule has 2 aromatic rings. The first-order chi connectivity index (χ1) is 14.2. The predicted molar refractivity (Wildman–Crippen MR) is 106 cm³/mol. The Morgan fingerprint density at radius 3 is 2.60 bits per heavy atom. The van der Waals surface area contributed by atoms with Crippen LogP contribution in [0.5, 0.6) is 0 Å². The van der Waals surface area contributed by atoms with E-state index in [1.807, 2.05) is 0 Å². The number of aryl methyl sites for hydroxylation is 1. The summed E-state index contributed by atoms with van der Waals surface area (Å²) >= 11 is 0.943. The highest BCUT2D eigenvalue weighted by Gasteiger charge is 2.33. The molecule has 2 heterocycles. The van der Waals surface area contributed by atoms with E-state index in [-0.39, 0.29) is 29.4 Å². The average Bonchev–Trinajstić information content (AvgIpc) is 3.04. The van der Waals surface area contributed by atoms with Crippen LogP contribution in [0.1, 0.15) is 33.5 Å². The van der Waals surface area contributed by atoms with Crippen molar-refractivity contribution < 1.29 is 27.6 Å². The van der Waals surface area contributed by atoms with Gasteiger partial charge in [-0.2, -0.15) is 13.2 Å². The Bertz CT molecular complexity index is 1020. The minimum Gasteiger partial charge on any atom is -0.308 e. The number of halogens is 3. The van der Waals surface area contributed by atoms with Crippen molar-refractivity contribution in [3.63, 3.8) is 0 Å². The Labute approximate surface area is 174 Å². The fraction of sp³-hybridized carbons (Fsp3) is 0.286. The number of carbonyl (C=O) groups excluding carboxylic acids is 3. The zero-order valence-corrected chi connectivity index (χ0v) is 16.6. The van der Waals surface area contributed by atoms with Crippen LogP contribution in [0.25, 0.3) is 0 Å². The van der Waals surface area contributed by atoms with E-state index in [1.54, 1.807) is 24.3 Å². The number of nitrogens with zero attached hydrogens (tertiary/aromatic N) is 2. The molecule has 0 radical (unpaired) electrons. The summed E-state index contributed by atoms with van der Waals surface area (Å²) in [6, 6.07) is 10.1. The normalized spacial score (nSPS) is 16.8. The molecule has 0 atom stereocenters. The first kappa shape index (κ1) is 20.5. The number of thioether (sulfide) groups is 1. The zero-order chi connectivity index (χ0) is 21.5. The maximum Gasteiger partial charge on any atom is 0.416 e. The SMILES string of the molecule is O=C1CSC(=O)N1Cc1cccc(C(=O)N2CCCc3cc(C(F)(F)F)ccc32)c1. The van der Waals surface area contributed by atoms with Gasteiger partial charge in [-0.3, -0.25) is 19.3 Å². The molecular formula is C21H17F3N2O3S. The number of anilines is 1. The summed E-state index contributed by atoms with van der Waals surface area (Å²) in [5.41, 5.74) is 1.23. The van der Waals surface area contributed by atoms with Gasteiger partial charge in [0.05, 0.1) is 17.9 Å². The standard InChI is InChI=1S/C21H17F3N2O3S/c22-21(23,24)16-6-7-17-14(10-16)5-2-8-25(17)19(28)15-4-1-3-13(9-15)11-26-18(27)12-30-20(26)29/h1,3-4,6-7,9-10H,2,5,8,11-12H2. The number of imide groups is 1. The van der Waals surface area contributed by atoms with Crippen molar-refractivity contribution in [2.45, 2.75) is 25.6 Å². The van der Waals surface area contributed by atoms with E-state index in [1.165, 1.54) is 11.0 Å². The second kappa shape index (κ2) is 7.79. The number of alkyl halides is 3. The number of hydrogen-bond acceptors (Lipinski definition) is 4. The van der Waals surface area contributed by atoms with Gasteiger partial charge >= 0.3 is 6.18 Å². The maximum absolute atomic E-state index is 13.1. The van der Waals surface area contributed by atoms with Gasteiger partial charge in [0.25, 0.3) is 11.1 Å². The third-order valence-electron chi connectivity index (χ3n) is 5.13.